The van der Waals surface area contributed by atoms with Crippen molar-refractivity contribution in [3.63, 3.8) is 0 Å². The molecule has 0 aliphatic carbocycles. The van der Waals surface area contributed by atoms with E-state index in [2.05, 4.69) is 78.2 Å². The third-order valence-corrected chi connectivity index (χ3v) is 6.03. The van der Waals surface area contributed by atoms with Crippen LogP contribution in [0.15, 0.2) is 30.3 Å². The summed E-state index contributed by atoms with van der Waals surface area (Å²) in [4.78, 5) is 2.27. The maximum atomic E-state index is 3.90. The minimum absolute atomic E-state index is 0.475. The molecule has 0 spiro atoms. The van der Waals surface area contributed by atoms with Gasteiger partial charge in [-0.1, -0.05) is 30.3 Å². The number of benzene rings is 1. The van der Waals surface area contributed by atoms with Crippen LogP contribution in [0, 0.1) is 0 Å². The summed E-state index contributed by atoms with van der Waals surface area (Å²) in [6.45, 7) is 1.12. The molecule has 1 heterocycles. The average molecular weight is 311 g/mol. The smallest absolute Gasteiger partial charge is 0.0335 e. The predicted molar refractivity (Wildman–Crippen MR) is 93.9 cm³/mol. The maximum Gasteiger partial charge on any atom is 0.0335 e. The lowest BCUT2D eigenvalue weighted by molar-refractivity contribution is 0.352. The van der Waals surface area contributed by atoms with Crippen LogP contribution < -0.4 is 5.32 Å². The first-order valence-electron chi connectivity index (χ1n) is 7.37. The molecule has 0 bridgehead atoms. The Hall–Kier alpha value is -0.160. The summed E-state index contributed by atoms with van der Waals surface area (Å²) >= 11 is 4.18. The summed E-state index contributed by atoms with van der Waals surface area (Å²) in [5.41, 5.74) is 1.42. The number of hydrogen-bond acceptors (Lipinski definition) is 4. The van der Waals surface area contributed by atoms with E-state index in [1.807, 2.05) is 0 Å². The largest absolute Gasteiger partial charge is 0.309 e. The van der Waals surface area contributed by atoms with Crippen molar-refractivity contribution in [3.05, 3.63) is 35.9 Å². The third kappa shape index (κ3) is 5.68. The van der Waals surface area contributed by atoms with Gasteiger partial charge in [-0.25, -0.2) is 0 Å². The van der Waals surface area contributed by atoms with Crippen LogP contribution in [0.5, 0.6) is 0 Å². The summed E-state index contributed by atoms with van der Waals surface area (Å²) in [6.07, 6.45) is 1.17. The van der Waals surface area contributed by atoms with Crippen LogP contribution in [0.2, 0.25) is 0 Å². The lowest BCUT2D eigenvalue weighted by atomic mass is 10.0. The minimum Gasteiger partial charge on any atom is -0.309 e. The van der Waals surface area contributed by atoms with Gasteiger partial charge in [0.2, 0.25) is 0 Å². The van der Waals surface area contributed by atoms with Gasteiger partial charge in [-0.2, -0.15) is 23.5 Å². The Morgan fingerprint density at radius 2 is 1.80 bits per heavy atom. The van der Waals surface area contributed by atoms with Crippen LogP contribution in [0.4, 0.5) is 0 Å². The molecule has 1 N–H and O–H groups in total. The first-order chi connectivity index (χ1) is 9.75. The van der Waals surface area contributed by atoms with E-state index in [1.54, 1.807) is 0 Å². The number of hydrogen-bond donors (Lipinski definition) is 1. The Morgan fingerprint density at radius 3 is 2.40 bits per heavy atom. The minimum atomic E-state index is 0.475. The summed E-state index contributed by atoms with van der Waals surface area (Å²) in [6, 6.07) is 12.0. The van der Waals surface area contributed by atoms with Gasteiger partial charge in [-0.15, -0.1) is 0 Å². The number of thioether (sulfide) groups is 2. The molecule has 0 aromatic heterocycles. The summed E-state index contributed by atoms with van der Waals surface area (Å²) < 4.78 is 0. The molecule has 1 aliphatic rings. The molecule has 1 saturated heterocycles. The Balaban J connectivity index is 1.97. The third-order valence-electron chi connectivity index (χ3n) is 3.51. The fourth-order valence-electron chi connectivity index (χ4n) is 2.42. The molecule has 1 aromatic carbocycles. The topological polar surface area (TPSA) is 15.3 Å². The Kier molecular flexibility index (Phi) is 7.28. The van der Waals surface area contributed by atoms with Gasteiger partial charge in [0.15, 0.2) is 0 Å². The fraction of sp³-hybridized carbons (Fsp3) is 0.625. The normalized spacial score (nSPS) is 18.9. The molecule has 0 amide bonds. The van der Waals surface area contributed by atoms with E-state index in [-0.39, 0.29) is 0 Å². The van der Waals surface area contributed by atoms with Crippen molar-refractivity contribution in [1.82, 2.24) is 10.2 Å². The quantitative estimate of drug-likeness (QED) is 0.868. The molecular weight excluding hydrogens is 284 g/mol. The summed E-state index contributed by atoms with van der Waals surface area (Å²) in [7, 11) is 4.30. The molecule has 4 heteroatoms. The molecule has 0 radical (unpaired) electrons. The second-order valence-corrected chi connectivity index (χ2v) is 7.87. The lowest BCUT2D eigenvalue weighted by Crippen LogP contribution is -2.37. The van der Waals surface area contributed by atoms with Crippen molar-refractivity contribution >= 4 is 23.5 Å². The highest BCUT2D eigenvalue weighted by Gasteiger charge is 2.18. The van der Waals surface area contributed by atoms with Crippen LogP contribution >= 0.6 is 23.5 Å². The second kappa shape index (κ2) is 8.98. The Bertz CT molecular complexity index is 362. The van der Waals surface area contributed by atoms with Gasteiger partial charge in [0.25, 0.3) is 0 Å². The van der Waals surface area contributed by atoms with Crippen LogP contribution in [-0.4, -0.2) is 54.6 Å². The molecule has 1 aliphatic heterocycles. The second-order valence-electron chi connectivity index (χ2n) is 5.57. The van der Waals surface area contributed by atoms with E-state index in [0.29, 0.717) is 12.1 Å². The van der Waals surface area contributed by atoms with Crippen molar-refractivity contribution in [3.8, 4) is 0 Å². The van der Waals surface area contributed by atoms with E-state index in [1.165, 1.54) is 35.0 Å². The highest BCUT2D eigenvalue weighted by molar-refractivity contribution is 8.03. The molecule has 1 unspecified atom stereocenters. The molecule has 2 nitrogen and oxygen atoms in total. The zero-order valence-electron chi connectivity index (χ0n) is 12.5. The van der Waals surface area contributed by atoms with E-state index in [0.717, 1.165) is 6.54 Å². The van der Waals surface area contributed by atoms with Crippen molar-refractivity contribution in [2.45, 2.75) is 18.5 Å². The average Bonchev–Trinajstić information content (AvgIpc) is 2.72. The zero-order valence-corrected chi connectivity index (χ0v) is 14.2. The molecule has 112 valence electrons. The van der Waals surface area contributed by atoms with Gasteiger partial charge in [0.05, 0.1) is 0 Å². The summed E-state index contributed by atoms with van der Waals surface area (Å²) in [5.74, 6) is 5.10. The Morgan fingerprint density at radius 1 is 1.15 bits per heavy atom. The van der Waals surface area contributed by atoms with Crippen molar-refractivity contribution < 1.29 is 0 Å². The fourth-order valence-corrected chi connectivity index (χ4v) is 4.84. The highest BCUT2D eigenvalue weighted by atomic mass is 32.2. The van der Waals surface area contributed by atoms with Crippen molar-refractivity contribution in [2.24, 2.45) is 0 Å². The van der Waals surface area contributed by atoms with Gasteiger partial charge in [0.1, 0.15) is 0 Å². The van der Waals surface area contributed by atoms with Crippen LogP contribution in [-0.2, 0) is 0 Å². The number of nitrogens with zero attached hydrogens (tertiary/aromatic N) is 1. The molecular formula is C16H26N2S2. The number of rotatable bonds is 6. The first-order valence-corrected chi connectivity index (χ1v) is 9.68. The van der Waals surface area contributed by atoms with Crippen molar-refractivity contribution in [2.75, 3.05) is 43.7 Å². The van der Waals surface area contributed by atoms with E-state index in [9.17, 15) is 0 Å². The molecule has 20 heavy (non-hydrogen) atoms. The van der Waals surface area contributed by atoms with Gasteiger partial charge >= 0.3 is 0 Å². The van der Waals surface area contributed by atoms with Crippen molar-refractivity contribution in [1.29, 1.82) is 0 Å². The summed E-state index contributed by atoms with van der Waals surface area (Å²) in [5, 5.41) is 3.90. The van der Waals surface area contributed by atoms with Crippen LogP contribution in [0.3, 0.4) is 0 Å². The van der Waals surface area contributed by atoms with E-state index < -0.39 is 0 Å². The SMILES string of the molecule is CN(C)CCC(NC1CSCCSC1)c1ccccc1. The lowest BCUT2D eigenvalue weighted by Gasteiger charge is -2.26. The standard InChI is InChI=1S/C16H26N2S2/c1-18(2)9-8-16(14-6-4-3-5-7-14)17-15-12-19-10-11-20-13-15/h3-7,15-17H,8-13H2,1-2H3. The Labute approximate surface area is 132 Å². The molecule has 1 fully saturated rings. The van der Waals surface area contributed by atoms with Gasteiger partial charge < -0.3 is 10.2 Å². The van der Waals surface area contributed by atoms with E-state index >= 15 is 0 Å². The van der Waals surface area contributed by atoms with Crippen LogP contribution in [0.25, 0.3) is 0 Å². The number of nitrogens with one attached hydrogen (secondary N) is 1. The van der Waals surface area contributed by atoms with Gasteiger partial charge in [-0.05, 0) is 32.6 Å². The zero-order chi connectivity index (χ0) is 14.2. The van der Waals surface area contributed by atoms with Gasteiger partial charge in [0, 0.05) is 35.1 Å². The maximum absolute atomic E-state index is 3.90. The molecule has 1 atom stereocenters. The molecule has 1 aromatic rings. The molecule has 2 rings (SSSR count). The van der Waals surface area contributed by atoms with Crippen LogP contribution in [0.1, 0.15) is 18.0 Å². The predicted octanol–water partition coefficient (Wildman–Crippen LogP) is 3.12. The van der Waals surface area contributed by atoms with E-state index in [4.69, 9.17) is 0 Å². The highest BCUT2D eigenvalue weighted by Crippen LogP contribution is 2.22. The monoisotopic (exact) mass is 310 g/mol. The van der Waals surface area contributed by atoms with Gasteiger partial charge in [-0.3, -0.25) is 0 Å². The molecule has 0 saturated carbocycles. The first kappa shape index (κ1) is 16.2.